The Kier molecular flexibility index (Phi) is 6.53. The van der Waals surface area contributed by atoms with Gasteiger partial charge in [0.05, 0.1) is 6.61 Å². The van der Waals surface area contributed by atoms with E-state index in [-0.39, 0.29) is 6.09 Å². The molecule has 2 saturated heterocycles. The molecule has 0 atom stereocenters. The average Bonchev–Trinajstić information content (AvgIpc) is 2.82. The highest BCUT2D eigenvalue weighted by Crippen LogP contribution is 2.31. The molecule has 2 aliphatic heterocycles. The molecule has 0 unspecified atom stereocenters. The van der Waals surface area contributed by atoms with Crippen LogP contribution in [0.4, 0.5) is 27.8 Å². The number of nitrogen functional groups attached to an aromatic ring is 1. The third-order valence-corrected chi connectivity index (χ3v) is 6.44. The average molecular weight is 440 g/mol. The molecule has 2 aromatic rings. The Morgan fingerprint density at radius 1 is 0.938 bits per heavy atom. The van der Waals surface area contributed by atoms with Gasteiger partial charge in [0.15, 0.2) is 11.6 Å². The Morgan fingerprint density at radius 2 is 1.50 bits per heavy atom. The van der Waals surface area contributed by atoms with Gasteiger partial charge in [-0.1, -0.05) is 12.1 Å². The summed E-state index contributed by atoms with van der Waals surface area (Å²) in [4.78, 5) is 29.5. The lowest BCUT2D eigenvalue weighted by atomic mass is 10.1. The van der Waals surface area contributed by atoms with Crippen molar-refractivity contribution < 1.29 is 9.53 Å². The Bertz CT molecular complexity index is 951. The van der Waals surface area contributed by atoms with Crippen molar-refractivity contribution in [3.8, 4) is 0 Å². The van der Waals surface area contributed by atoms with Crippen LogP contribution in [0.1, 0.15) is 18.1 Å². The van der Waals surface area contributed by atoms with E-state index in [1.807, 2.05) is 6.92 Å². The maximum atomic E-state index is 12.0. The summed E-state index contributed by atoms with van der Waals surface area (Å²) < 4.78 is 5.11. The standard InChI is InChI=1S/C23H33N7O2/c1-4-32-23(31)30-14-12-29(13-15-30)22-20(24)21(25-16-26-22)28-10-8-27(9-11-28)19-7-5-6-17(2)18(19)3/h5-7,16H,4,8-15,24H2,1-3H3. The van der Waals surface area contributed by atoms with Gasteiger partial charge in [-0.15, -0.1) is 0 Å². The molecule has 1 aromatic carbocycles. The largest absolute Gasteiger partial charge is 0.450 e. The Morgan fingerprint density at radius 3 is 2.09 bits per heavy atom. The topological polar surface area (TPSA) is 91.1 Å². The summed E-state index contributed by atoms with van der Waals surface area (Å²) in [6.45, 7) is 12.6. The molecule has 0 saturated carbocycles. The fraction of sp³-hybridized carbons (Fsp3) is 0.522. The van der Waals surface area contributed by atoms with Gasteiger partial charge in [-0.2, -0.15) is 0 Å². The summed E-state index contributed by atoms with van der Waals surface area (Å²) in [6.07, 6.45) is 1.33. The lowest BCUT2D eigenvalue weighted by Crippen LogP contribution is -2.49. The molecule has 32 heavy (non-hydrogen) atoms. The summed E-state index contributed by atoms with van der Waals surface area (Å²) in [7, 11) is 0. The molecule has 2 fully saturated rings. The number of carbonyl (C=O) groups is 1. The van der Waals surface area contributed by atoms with Gasteiger partial charge >= 0.3 is 6.09 Å². The SMILES string of the molecule is CCOC(=O)N1CCN(c2ncnc(N3CCN(c4cccc(C)c4C)CC3)c2N)CC1. The highest BCUT2D eigenvalue weighted by molar-refractivity contribution is 5.76. The van der Waals surface area contributed by atoms with Gasteiger partial charge in [0.2, 0.25) is 0 Å². The monoisotopic (exact) mass is 439 g/mol. The number of benzene rings is 1. The molecule has 2 N–H and O–H groups in total. The third-order valence-electron chi connectivity index (χ3n) is 6.44. The number of rotatable bonds is 4. The van der Waals surface area contributed by atoms with Gasteiger partial charge in [-0.3, -0.25) is 0 Å². The number of amides is 1. The smallest absolute Gasteiger partial charge is 0.409 e. The van der Waals surface area contributed by atoms with Crippen LogP contribution in [0.15, 0.2) is 24.5 Å². The lowest BCUT2D eigenvalue weighted by molar-refractivity contribution is 0.105. The molecule has 0 bridgehead atoms. The van der Waals surface area contributed by atoms with Crippen LogP contribution in [0.3, 0.4) is 0 Å². The first-order valence-electron chi connectivity index (χ1n) is 11.3. The van der Waals surface area contributed by atoms with E-state index in [0.29, 0.717) is 38.5 Å². The van der Waals surface area contributed by atoms with E-state index in [4.69, 9.17) is 10.5 Å². The Balaban J connectivity index is 1.41. The highest BCUT2D eigenvalue weighted by Gasteiger charge is 2.27. The van der Waals surface area contributed by atoms with Gasteiger partial charge in [0, 0.05) is 58.0 Å². The second-order valence-electron chi connectivity index (χ2n) is 8.30. The molecule has 1 aromatic heterocycles. The maximum absolute atomic E-state index is 12.0. The van der Waals surface area contributed by atoms with Gasteiger partial charge in [0.1, 0.15) is 12.0 Å². The molecule has 0 spiro atoms. The molecule has 4 rings (SSSR count). The van der Waals surface area contributed by atoms with Crippen LogP contribution >= 0.6 is 0 Å². The Hall–Kier alpha value is -3.23. The van der Waals surface area contributed by atoms with Gasteiger partial charge in [-0.25, -0.2) is 14.8 Å². The van der Waals surface area contributed by atoms with Crippen LogP contribution in [0.2, 0.25) is 0 Å². The molecule has 0 radical (unpaired) electrons. The second kappa shape index (κ2) is 9.50. The van der Waals surface area contributed by atoms with Crippen LogP contribution in [0.5, 0.6) is 0 Å². The number of carbonyl (C=O) groups excluding carboxylic acids is 1. The number of hydrogen-bond donors (Lipinski definition) is 1. The summed E-state index contributed by atoms with van der Waals surface area (Å²) in [6, 6.07) is 6.48. The van der Waals surface area contributed by atoms with Gasteiger partial charge < -0.3 is 30.1 Å². The summed E-state index contributed by atoms with van der Waals surface area (Å²) in [5.41, 5.74) is 11.1. The first-order chi connectivity index (χ1) is 15.5. The predicted octanol–water partition coefficient (Wildman–Crippen LogP) is 2.28. The third kappa shape index (κ3) is 4.37. The van der Waals surface area contributed by atoms with Crippen LogP contribution < -0.4 is 20.4 Å². The number of aryl methyl sites for hydroxylation is 1. The summed E-state index contributed by atoms with van der Waals surface area (Å²) in [5, 5.41) is 0. The van der Waals surface area contributed by atoms with E-state index < -0.39 is 0 Å². The van der Waals surface area contributed by atoms with Crippen molar-refractivity contribution in [1.29, 1.82) is 0 Å². The van der Waals surface area contributed by atoms with Crippen molar-refractivity contribution in [2.75, 3.05) is 79.4 Å². The molecule has 3 heterocycles. The molecule has 9 heteroatoms. The van der Waals surface area contributed by atoms with Crippen LogP contribution in [-0.4, -0.2) is 79.9 Å². The lowest BCUT2D eigenvalue weighted by Gasteiger charge is -2.39. The second-order valence-corrected chi connectivity index (χ2v) is 8.30. The van der Waals surface area contributed by atoms with Crippen LogP contribution in [0.25, 0.3) is 0 Å². The van der Waals surface area contributed by atoms with E-state index in [0.717, 1.165) is 37.8 Å². The fourth-order valence-electron chi connectivity index (χ4n) is 4.43. The minimum absolute atomic E-state index is 0.259. The Labute approximate surface area is 189 Å². The molecular weight excluding hydrogens is 406 g/mol. The van der Waals surface area contributed by atoms with E-state index in [1.165, 1.54) is 16.8 Å². The summed E-state index contributed by atoms with van der Waals surface area (Å²) >= 11 is 0. The van der Waals surface area contributed by atoms with Gasteiger partial charge in [-0.05, 0) is 38.0 Å². The maximum Gasteiger partial charge on any atom is 0.409 e. The fourth-order valence-corrected chi connectivity index (χ4v) is 4.43. The molecule has 2 aliphatic rings. The minimum Gasteiger partial charge on any atom is -0.450 e. The summed E-state index contributed by atoms with van der Waals surface area (Å²) in [5.74, 6) is 1.54. The highest BCUT2D eigenvalue weighted by atomic mass is 16.6. The quantitative estimate of drug-likeness (QED) is 0.776. The first-order valence-corrected chi connectivity index (χ1v) is 11.3. The normalized spacial score (nSPS) is 17.0. The zero-order chi connectivity index (χ0) is 22.7. The van der Waals surface area contributed by atoms with Crippen LogP contribution in [0, 0.1) is 13.8 Å². The van der Waals surface area contributed by atoms with Crippen molar-refractivity contribution in [1.82, 2.24) is 14.9 Å². The zero-order valence-corrected chi connectivity index (χ0v) is 19.3. The van der Waals surface area contributed by atoms with Crippen LogP contribution in [-0.2, 0) is 4.74 Å². The molecule has 172 valence electrons. The van der Waals surface area contributed by atoms with E-state index in [2.05, 4.69) is 56.7 Å². The van der Waals surface area contributed by atoms with Crippen molar-refractivity contribution in [2.45, 2.75) is 20.8 Å². The number of anilines is 4. The molecular formula is C23H33N7O2. The molecule has 1 amide bonds. The van der Waals surface area contributed by atoms with Crippen molar-refractivity contribution >= 4 is 29.1 Å². The zero-order valence-electron chi connectivity index (χ0n) is 19.3. The number of ether oxygens (including phenoxy) is 1. The van der Waals surface area contributed by atoms with Gasteiger partial charge in [0.25, 0.3) is 0 Å². The predicted molar refractivity (Wildman–Crippen MR) is 128 cm³/mol. The molecule has 0 aliphatic carbocycles. The van der Waals surface area contributed by atoms with Crippen molar-refractivity contribution in [3.05, 3.63) is 35.7 Å². The van der Waals surface area contributed by atoms with Crippen molar-refractivity contribution in [3.63, 3.8) is 0 Å². The number of hydrogen-bond acceptors (Lipinski definition) is 8. The van der Waals surface area contributed by atoms with Crippen molar-refractivity contribution in [2.24, 2.45) is 0 Å². The number of piperazine rings is 2. The van der Waals surface area contributed by atoms with E-state index in [1.54, 1.807) is 11.2 Å². The number of nitrogens with zero attached hydrogens (tertiary/aromatic N) is 6. The minimum atomic E-state index is -0.259. The number of aromatic nitrogens is 2. The molecule has 9 nitrogen and oxygen atoms in total. The first kappa shape index (κ1) is 22.0. The van der Waals surface area contributed by atoms with E-state index in [9.17, 15) is 4.79 Å². The van der Waals surface area contributed by atoms with E-state index >= 15 is 0 Å². The number of nitrogens with two attached hydrogens (primary N) is 1.